The van der Waals surface area contributed by atoms with Gasteiger partial charge in [0.25, 0.3) is 5.91 Å². The molecular weight excluding hydrogens is 276 g/mol. The summed E-state index contributed by atoms with van der Waals surface area (Å²) in [6, 6.07) is 6.04. The molecule has 0 saturated carbocycles. The Morgan fingerprint density at radius 2 is 1.75 bits per heavy atom. The Hall–Kier alpha value is -1.40. The Bertz CT molecular complexity index is 536. The van der Waals surface area contributed by atoms with Crippen molar-refractivity contribution in [2.45, 2.75) is 30.9 Å². The van der Waals surface area contributed by atoms with E-state index < -0.39 is 15.1 Å². The number of rotatable bonds is 7. The van der Waals surface area contributed by atoms with Crippen LogP contribution in [-0.2, 0) is 9.84 Å². The van der Waals surface area contributed by atoms with E-state index in [0.29, 0.717) is 18.7 Å². The van der Waals surface area contributed by atoms with Crippen molar-refractivity contribution in [2.75, 3.05) is 19.6 Å². The molecule has 1 amide bonds. The molecule has 0 aliphatic rings. The van der Waals surface area contributed by atoms with Gasteiger partial charge in [-0.3, -0.25) is 4.79 Å². The average Bonchev–Trinajstić information content (AvgIpc) is 2.43. The van der Waals surface area contributed by atoms with Crippen molar-refractivity contribution in [1.82, 2.24) is 10.6 Å². The maximum atomic E-state index is 11.9. The smallest absolute Gasteiger partial charge is 0.251 e. The number of carbonyl (C=O) groups is 1. The molecule has 0 fully saturated rings. The minimum atomic E-state index is -3.29. The van der Waals surface area contributed by atoms with Crippen molar-refractivity contribution in [1.29, 1.82) is 0 Å². The number of likely N-dealkylation sites (N-methyl/N-ethyl adjacent to an activating group) is 1. The molecule has 1 aromatic rings. The Morgan fingerprint density at radius 3 is 2.25 bits per heavy atom. The van der Waals surface area contributed by atoms with Crippen molar-refractivity contribution >= 4 is 15.7 Å². The van der Waals surface area contributed by atoms with Gasteiger partial charge in [-0.2, -0.15) is 0 Å². The minimum Gasteiger partial charge on any atom is -0.351 e. The Morgan fingerprint density at radius 1 is 1.15 bits per heavy atom. The first kappa shape index (κ1) is 16.7. The second kappa shape index (κ2) is 7.40. The molecule has 20 heavy (non-hydrogen) atoms. The Labute approximate surface area is 120 Å². The first-order chi connectivity index (χ1) is 9.39. The van der Waals surface area contributed by atoms with E-state index in [1.54, 1.807) is 13.8 Å². The molecule has 0 heterocycles. The Balaban J connectivity index is 2.69. The maximum absolute atomic E-state index is 11.9. The van der Waals surface area contributed by atoms with Gasteiger partial charge < -0.3 is 10.6 Å². The topological polar surface area (TPSA) is 75.3 Å². The summed E-state index contributed by atoms with van der Waals surface area (Å²) in [6.45, 7) is 7.38. The van der Waals surface area contributed by atoms with Crippen LogP contribution in [0.15, 0.2) is 29.2 Å². The van der Waals surface area contributed by atoms with Crippen molar-refractivity contribution in [2.24, 2.45) is 0 Å². The predicted octanol–water partition coefficient (Wildman–Crippen LogP) is 1.21. The molecule has 1 aromatic carbocycles. The molecule has 5 nitrogen and oxygen atoms in total. The van der Waals surface area contributed by atoms with Crippen LogP contribution in [0.25, 0.3) is 0 Å². The second-order valence-electron chi connectivity index (χ2n) is 4.73. The molecule has 0 aliphatic heterocycles. The fourth-order valence-electron chi connectivity index (χ4n) is 1.61. The van der Waals surface area contributed by atoms with Gasteiger partial charge in [0.1, 0.15) is 0 Å². The van der Waals surface area contributed by atoms with Gasteiger partial charge in [0.15, 0.2) is 9.84 Å². The number of amides is 1. The van der Waals surface area contributed by atoms with Gasteiger partial charge in [0, 0.05) is 18.7 Å². The molecule has 0 spiro atoms. The third-order valence-corrected chi connectivity index (χ3v) is 5.07. The van der Waals surface area contributed by atoms with Gasteiger partial charge in [-0.15, -0.1) is 0 Å². The molecule has 1 rings (SSSR count). The van der Waals surface area contributed by atoms with Crippen molar-refractivity contribution in [3.05, 3.63) is 29.8 Å². The fraction of sp³-hybridized carbons (Fsp3) is 0.500. The molecule has 6 heteroatoms. The summed E-state index contributed by atoms with van der Waals surface area (Å²) in [5, 5.41) is 5.40. The van der Waals surface area contributed by atoms with Crippen molar-refractivity contribution in [3.8, 4) is 0 Å². The van der Waals surface area contributed by atoms with E-state index in [-0.39, 0.29) is 10.8 Å². The van der Waals surface area contributed by atoms with Crippen LogP contribution in [0.4, 0.5) is 0 Å². The van der Waals surface area contributed by atoms with E-state index in [2.05, 4.69) is 10.6 Å². The highest BCUT2D eigenvalue weighted by atomic mass is 32.2. The molecule has 2 N–H and O–H groups in total. The number of benzene rings is 1. The standard InChI is InChI=1S/C14H22N2O3S/c1-4-15-9-10-16-14(17)12-5-7-13(8-6-12)20(18,19)11(2)3/h5-8,11,15H,4,9-10H2,1-3H3,(H,16,17). The third kappa shape index (κ3) is 4.31. The average molecular weight is 298 g/mol. The van der Waals surface area contributed by atoms with E-state index in [0.717, 1.165) is 6.54 Å². The van der Waals surface area contributed by atoms with Gasteiger partial charge in [-0.25, -0.2) is 8.42 Å². The minimum absolute atomic E-state index is 0.198. The van der Waals surface area contributed by atoms with Crippen LogP contribution in [0.5, 0.6) is 0 Å². The summed E-state index contributed by atoms with van der Waals surface area (Å²) in [5.41, 5.74) is 0.462. The van der Waals surface area contributed by atoms with E-state index >= 15 is 0 Å². The normalized spacial score (nSPS) is 11.6. The second-order valence-corrected chi connectivity index (χ2v) is 7.23. The molecule has 0 unspecified atom stereocenters. The largest absolute Gasteiger partial charge is 0.351 e. The summed E-state index contributed by atoms with van der Waals surface area (Å²) in [4.78, 5) is 12.1. The zero-order valence-electron chi connectivity index (χ0n) is 12.1. The quantitative estimate of drug-likeness (QED) is 0.742. The lowest BCUT2D eigenvalue weighted by molar-refractivity contribution is 0.0954. The number of sulfone groups is 1. The number of carbonyl (C=O) groups excluding carboxylic acids is 1. The lowest BCUT2D eigenvalue weighted by atomic mass is 10.2. The van der Waals surface area contributed by atoms with E-state index in [1.165, 1.54) is 24.3 Å². The zero-order chi connectivity index (χ0) is 15.2. The van der Waals surface area contributed by atoms with Gasteiger partial charge in [0.05, 0.1) is 10.1 Å². The summed E-state index contributed by atoms with van der Waals surface area (Å²) in [5.74, 6) is -0.198. The third-order valence-electron chi connectivity index (χ3n) is 2.90. The Kier molecular flexibility index (Phi) is 6.16. The molecule has 0 atom stereocenters. The molecule has 0 bridgehead atoms. The van der Waals surface area contributed by atoms with E-state index in [1.807, 2.05) is 6.92 Å². The molecule has 0 saturated heterocycles. The predicted molar refractivity (Wildman–Crippen MR) is 79.6 cm³/mol. The van der Waals surface area contributed by atoms with Crippen molar-refractivity contribution < 1.29 is 13.2 Å². The van der Waals surface area contributed by atoms with Crippen LogP contribution in [0.1, 0.15) is 31.1 Å². The van der Waals surface area contributed by atoms with Crippen LogP contribution in [-0.4, -0.2) is 39.2 Å². The number of hydrogen-bond donors (Lipinski definition) is 2. The SMILES string of the molecule is CCNCCNC(=O)c1ccc(S(=O)(=O)C(C)C)cc1. The lowest BCUT2D eigenvalue weighted by Gasteiger charge is -2.09. The van der Waals surface area contributed by atoms with Crippen molar-refractivity contribution in [3.63, 3.8) is 0 Å². The van der Waals surface area contributed by atoms with Gasteiger partial charge in [-0.05, 0) is 44.7 Å². The van der Waals surface area contributed by atoms with Gasteiger partial charge >= 0.3 is 0 Å². The molecule has 112 valence electrons. The highest BCUT2D eigenvalue weighted by Crippen LogP contribution is 2.16. The highest BCUT2D eigenvalue weighted by Gasteiger charge is 2.19. The molecule has 0 aromatic heterocycles. The van der Waals surface area contributed by atoms with Crippen LogP contribution >= 0.6 is 0 Å². The molecule has 0 radical (unpaired) electrons. The fourth-order valence-corrected chi connectivity index (χ4v) is 2.67. The zero-order valence-corrected chi connectivity index (χ0v) is 13.0. The summed E-state index contributed by atoms with van der Waals surface area (Å²) in [7, 11) is -3.29. The lowest BCUT2D eigenvalue weighted by Crippen LogP contribution is -2.31. The summed E-state index contributed by atoms with van der Waals surface area (Å²) in [6.07, 6.45) is 0. The van der Waals surface area contributed by atoms with Crippen LogP contribution in [0.2, 0.25) is 0 Å². The van der Waals surface area contributed by atoms with Crippen LogP contribution in [0, 0.1) is 0 Å². The molecular formula is C14H22N2O3S. The van der Waals surface area contributed by atoms with E-state index in [9.17, 15) is 13.2 Å². The number of hydrogen-bond acceptors (Lipinski definition) is 4. The first-order valence-corrected chi connectivity index (χ1v) is 8.27. The maximum Gasteiger partial charge on any atom is 0.251 e. The highest BCUT2D eigenvalue weighted by molar-refractivity contribution is 7.92. The summed E-state index contributed by atoms with van der Waals surface area (Å²) < 4.78 is 23.9. The van der Waals surface area contributed by atoms with E-state index in [4.69, 9.17) is 0 Å². The monoisotopic (exact) mass is 298 g/mol. The van der Waals surface area contributed by atoms with Crippen LogP contribution < -0.4 is 10.6 Å². The van der Waals surface area contributed by atoms with Gasteiger partial charge in [0.2, 0.25) is 0 Å². The first-order valence-electron chi connectivity index (χ1n) is 6.72. The molecule has 0 aliphatic carbocycles. The van der Waals surface area contributed by atoms with Crippen LogP contribution in [0.3, 0.4) is 0 Å². The number of nitrogens with one attached hydrogen (secondary N) is 2. The van der Waals surface area contributed by atoms with Gasteiger partial charge in [-0.1, -0.05) is 6.92 Å². The summed E-state index contributed by atoms with van der Waals surface area (Å²) >= 11 is 0.